The van der Waals surface area contributed by atoms with Gasteiger partial charge in [-0.25, -0.2) is 0 Å². The molecule has 0 amide bonds. The zero-order valence-corrected chi connectivity index (χ0v) is 19.1. The van der Waals surface area contributed by atoms with Crippen LogP contribution in [0.3, 0.4) is 0 Å². The molecule has 0 aromatic carbocycles. The standard InChI is InChI=1S/C24H46O6/c25-19-13-7-3-1-5-11-17-23(27)29-21-15-9-10-16-22-30-24(28)18-12-6-2-4-8-14-20-26/h25-26H,1-22H2. The molecule has 6 nitrogen and oxygen atoms in total. The fourth-order valence-electron chi connectivity index (χ4n) is 3.25. The number of rotatable bonds is 23. The molecule has 0 saturated carbocycles. The molecule has 0 atom stereocenters. The second-order valence-corrected chi connectivity index (χ2v) is 8.05. The van der Waals surface area contributed by atoms with E-state index >= 15 is 0 Å². The van der Waals surface area contributed by atoms with Crippen LogP contribution in [0.4, 0.5) is 0 Å². The van der Waals surface area contributed by atoms with Gasteiger partial charge in [0.2, 0.25) is 0 Å². The van der Waals surface area contributed by atoms with Gasteiger partial charge < -0.3 is 19.7 Å². The van der Waals surface area contributed by atoms with Crippen LogP contribution in [0.15, 0.2) is 0 Å². The molecule has 0 saturated heterocycles. The van der Waals surface area contributed by atoms with Crippen molar-refractivity contribution in [1.29, 1.82) is 0 Å². The van der Waals surface area contributed by atoms with Gasteiger partial charge in [0.15, 0.2) is 0 Å². The third-order valence-electron chi connectivity index (χ3n) is 5.14. The van der Waals surface area contributed by atoms with E-state index in [4.69, 9.17) is 19.7 Å². The first-order valence-electron chi connectivity index (χ1n) is 12.2. The molecule has 0 unspecified atom stereocenters. The third-order valence-corrected chi connectivity index (χ3v) is 5.14. The summed E-state index contributed by atoms with van der Waals surface area (Å²) in [6.45, 7) is 1.50. The summed E-state index contributed by atoms with van der Waals surface area (Å²) in [5, 5.41) is 17.4. The Balaban J connectivity index is 3.25. The lowest BCUT2D eigenvalue weighted by Crippen LogP contribution is -2.07. The normalized spacial score (nSPS) is 10.9. The molecule has 6 heteroatoms. The Morgan fingerprint density at radius 2 is 0.733 bits per heavy atom. The third kappa shape index (κ3) is 23.1. The van der Waals surface area contributed by atoms with Gasteiger partial charge in [-0.15, -0.1) is 0 Å². The number of esters is 2. The molecule has 0 aromatic heterocycles. The Morgan fingerprint density at radius 1 is 0.433 bits per heavy atom. The Hall–Kier alpha value is -1.14. The molecule has 2 N–H and O–H groups in total. The van der Waals surface area contributed by atoms with Gasteiger partial charge in [0.05, 0.1) is 13.2 Å². The average molecular weight is 431 g/mol. The second kappa shape index (κ2) is 24.1. The van der Waals surface area contributed by atoms with E-state index in [1.807, 2.05) is 0 Å². The highest BCUT2D eigenvalue weighted by Crippen LogP contribution is 2.09. The smallest absolute Gasteiger partial charge is 0.305 e. The van der Waals surface area contributed by atoms with E-state index in [1.165, 1.54) is 0 Å². The number of hydrogen-bond acceptors (Lipinski definition) is 6. The lowest BCUT2D eigenvalue weighted by atomic mass is 10.1. The molecule has 0 spiro atoms. The van der Waals surface area contributed by atoms with Crippen molar-refractivity contribution in [3.8, 4) is 0 Å². The summed E-state index contributed by atoms with van der Waals surface area (Å²) in [5.41, 5.74) is 0. The van der Waals surface area contributed by atoms with E-state index < -0.39 is 0 Å². The first-order chi connectivity index (χ1) is 14.7. The van der Waals surface area contributed by atoms with Crippen LogP contribution in [-0.4, -0.2) is 48.6 Å². The summed E-state index contributed by atoms with van der Waals surface area (Å²) >= 11 is 0. The highest BCUT2D eigenvalue weighted by molar-refractivity contribution is 5.69. The minimum Gasteiger partial charge on any atom is -0.466 e. The molecular weight excluding hydrogens is 384 g/mol. The van der Waals surface area contributed by atoms with E-state index in [0.717, 1.165) is 103 Å². The van der Waals surface area contributed by atoms with E-state index in [9.17, 15) is 9.59 Å². The lowest BCUT2D eigenvalue weighted by molar-refractivity contribution is -0.145. The average Bonchev–Trinajstić information content (AvgIpc) is 2.74. The van der Waals surface area contributed by atoms with Crippen molar-refractivity contribution in [2.75, 3.05) is 26.4 Å². The van der Waals surface area contributed by atoms with Gasteiger partial charge in [-0.1, -0.05) is 51.4 Å². The van der Waals surface area contributed by atoms with Gasteiger partial charge in [-0.05, 0) is 51.4 Å². The maximum atomic E-state index is 11.6. The Morgan fingerprint density at radius 3 is 1.10 bits per heavy atom. The molecule has 0 bridgehead atoms. The predicted molar refractivity (Wildman–Crippen MR) is 119 cm³/mol. The second-order valence-electron chi connectivity index (χ2n) is 8.05. The van der Waals surface area contributed by atoms with Gasteiger partial charge in [0, 0.05) is 26.1 Å². The van der Waals surface area contributed by atoms with Crippen molar-refractivity contribution in [2.45, 2.75) is 116 Å². The van der Waals surface area contributed by atoms with E-state index in [-0.39, 0.29) is 25.2 Å². The summed E-state index contributed by atoms with van der Waals surface area (Å²) in [6.07, 6.45) is 16.9. The summed E-state index contributed by atoms with van der Waals surface area (Å²) in [5.74, 6) is -0.208. The monoisotopic (exact) mass is 430 g/mol. The van der Waals surface area contributed by atoms with Crippen LogP contribution in [0.5, 0.6) is 0 Å². The fourth-order valence-corrected chi connectivity index (χ4v) is 3.25. The van der Waals surface area contributed by atoms with Crippen molar-refractivity contribution in [2.24, 2.45) is 0 Å². The summed E-state index contributed by atoms with van der Waals surface area (Å²) in [7, 11) is 0. The molecule has 0 aliphatic rings. The molecule has 178 valence electrons. The number of aliphatic hydroxyl groups excluding tert-OH is 2. The Labute approximate surface area is 183 Å². The van der Waals surface area contributed by atoms with Gasteiger partial charge in [0.25, 0.3) is 0 Å². The minimum absolute atomic E-state index is 0.104. The maximum absolute atomic E-state index is 11.6. The van der Waals surface area contributed by atoms with E-state index in [2.05, 4.69) is 0 Å². The van der Waals surface area contributed by atoms with Crippen LogP contribution < -0.4 is 0 Å². The topological polar surface area (TPSA) is 93.1 Å². The van der Waals surface area contributed by atoms with E-state index in [1.54, 1.807) is 0 Å². The first kappa shape index (κ1) is 28.9. The molecule has 0 aromatic rings. The molecular formula is C24H46O6. The summed E-state index contributed by atoms with van der Waals surface area (Å²) in [4.78, 5) is 23.3. The van der Waals surface area contributed by atoms with Crippen LogP contribution in [-0.2, 0) is 19.1 Å². The first-order valence-corrected chi connectivity index (χ1v) is 12.2. The van der Waals surface area contributed by atoms with Gasteiger partial charge in [-0.3, -0.25) is 9.59 Å². The van der Waals surface area contributed by atoms with Crippen LogP contribution in [0.2, 0.25) is 0 Å². The van der Waals surface area contributed by atoms with Crippen molar-refractivity contribution < 1.29 is 29.3 Å². The lowest BCUT2D eigenvalue weighted by Gasteiger charge is -2.06. The van der Waals surface area contributed by atoms with Crippen molar-refractivity contribution in [1.82, 2.24) is 0 Å². The van der Waals surface area contributed by atoms with Gasteiger partial charge >= 0.3 is 11.9 Å². The molecule has 0 rings (SSSR count). The number of carbonyl (C=O) groups excluding carboxylic acids is 2. The quantitative estimate of drug-likeness (QED) is 0.173. The largest absolute Gasteiger partial charge is 0.466 e. The number of carbonyl (C=O) groups is 2. The zero-order chi connectivity index (χ0) is 22.1. The number of unbranched alkanes of at least 4 members (excludes halogenated alkanes) is 13. The molecule has 0 heterocycles. The van der Waals surface area contributed by atoms with Crippen molar-refractivity contribution in [3.63, 3.8) is 0 Å². The summed E-state index contributed by atoms with van der Waals surface area (Å²) < 4.78 is 10.5. The van der Waals surface area contributed by atoms with Crippen LogP contribution >= 0.6 is 0 Å². The maximum Gasteiger partial charge on any atom is 0.305 e. The zero-order valence-electron chi connectivity index (χ0n) is 19.1. The number of aliphatic hydroxyl groups is 2. The molecule has 30 heavy (non-hydrogen) atoms. The van der Waals surface area contributed by atoms with E-state index in [0.29, 0.717) is 26.1 Å². The highest BCUT2D eigenvalue weighted by Gasteiger charge is 2.04. The van der Waals surface area contributed by atoms with Gasteiger partial charge in [0.1, 0.15) is 0 Å². The number of ether oxygens (including phenoxy) is 2. The van der Waals surface area contributed by atoms with Crippen LogP contribution in [0.25, 0.3) is 0 Å². The molecule has 0 radical (unpaired) electrons. The highest BCUT2D eigenvalue weighted by atomic mass is 16.5. The molecule has 0 aliphatic carbocycles. The van der Waals surface area contributed by atoms with Gasteiger partial charge in [-0.2, -0.15) is 0 Å². The Kier molecular flexibility index (Phi) is 23.2. The van der Waals surface area contributed by atoms with Crippen LogP contribution in [0.1, 0.15) is 116 Å². The number of hydrogen-bond donors (Lipinski definition) is 2. The SMILES string of the molecule is O=C(CCCCCCCCO)OCCCCCCOC(=O)CCCCCCCCO. The Bertz CT molecular complexity index is 350. The van der Waals surface area contributed by atoms with Crippen LogP contribution in [0, 0.1) is 0 Å². The summed E-state index contributed by atoms with van der Waals surface area (Å²) in [6, 6.07) is 0. The fraction of sp³-hybridized carbons (Fsp3) is 0.917. The van der Waals surface area contributed by atoms with Crippen molar-refractivity contribution in [3.05, 3.63) is 0 Å². The molecule has 0 aliphatic heterocycles. The predicted octanol–water partition coefficient (Wildman–Crippen LogP) is 5.08. The van der Waals surface area contributed by atoms with Crippen molar-refractivity contribution >= 4 is 11.9 Å². The minimum atomic E-state index is -0.104. The molecule has 0 fully saturated rings.